The summed E-state index contributed by atoms with van der Waals surface area (Å²) in [7, 11) is 0. The number of primary amides is 1. The minimum atomic E-state index is -0.491. The molecule has 4 N–H and O–H groups in total. The molecule has 1 amide bonds. The van der Waals surface area contributed by atoms with Gasteiger partial charge >= 0.3 is 0 Å². The minimum Gasteiger partial charge on any atom is -0.379 e. The van der Waals surface area contributed by atoms with Crippen LogP contribution in [0.2, 0.25) is 0 Å². The summed E-state index contributed by atoms with van der Waals surface area (Å²) >= 11 is 0. The fourth-order valence-electron chi connectivity index (χ4n) is 3.48. The van der Waals surface area contributed by atoms with Gasteiger partial charge in [0.15, 0.2) is 6.19 Å². The van der Waals surface area contributed by atoms with Crippen molar-refractivity contribution < 1.29 is 9.18 Å². The van der Waals surface area contributed by atoms with Gasteiger partial charge in [0.2, 0.25) is 5.91 Å². The van der Waals surface area contributed by atoms with Gasteiger partial charge in [0, 0.05) is 30.2 Å². The Morgan fingerprint density at radius 3 is 2.76 bits per heavy atom. The van der Waals surface area contributed by atoms with Gasteiger partial charge in [0.1, 0.15) is 5.82 Å². The molecule has 0 radical (unpaired) electrons. The first kappa shape index (κ1) is 17.1. The SMILES string of the molecule is Cc1[nH]c2c(CC(N)=O)cc(F)c(NC3CCN(C#N)CC3)c2c1C. The number of likely N-dealkylation sites (tertiary alicyclic amines) is 1. The van der Waals surface area contributed by atoms with Crippen molar-refractivity contribution in [1.82, 2.24) is 9.88 Å². The molecule has 0 saturated carbocycles. The highest BCUT2D eigenvalue weighted by Gasteiger charge is 2.23. The first-order valence-corrected chi connectivity index (χ1v) is 8.40. The summed E-state index contributed by atoms with van der Waals surface area (Å²) in [6.45, 7) is 5.20. The first-order chi connectivity index (χ1) is 11.9. The highest BCUT2D eigenvalue weighted by molar-refractivity contribution is 5.99. The third kappa shape index (κ3) is 3.25. The van der Waals surface area contributed by atoms with E-state index in [1.807, 2.05) is 13.8 Å². The molecule has 0 aliphatic carbocycles. The average Bonchev–Trinajstić information content (AvgIpc) is 2.87. The lowest BCUT2D eigenvalue weighted by Crippen LogP contribution is -2.36. The number of carbonyl (C=O) groups excluding carboxylic acids is 1. The quantitative estimate of drug-likeness (QED) is 0.742. The van der Waals surface area contributed by atoms with Crippen LogP contribution in [-0.2, 0) is 11.2 Å². The third-order valence-electron chi connectivity index (χ3n) is 4.96. The number of aromatic amines is 1. The van der Waals surface area contributed by atoms with Gasteiger partial charge in [-0.15, -0.1) is 0 Å². The van der Waals surface area contributed by atoms with Gasteiger partial charge < -0.3 is 20.9 Å². The zero-order valence-electron chi connectivity index (χ0n) is 14.4. The molecule has 6 nitrogen and oxygen atoms in total. The number of nitriles is 1. The van der Waals surface area contributed by atoms with Crippen LogP contribution < -0.4 is 11.1 Å². The molecule has 7 heteroatoms. The number of amides is 1. The molecule has 2 aromatic rings. The molecule has 3 rings (SSSR count). The number of halogens is 1. The van der Waals surface area contributed by atoms with E-state index >= 15 is 0 Å². The second-order valence-electron chi connectivity index (χ2n) is 6.67. The van der Waals surface area contributed by atoms with Crippen molar-refractivity contribution >= 4 is 22.5 Å². The summed E-state index contributed by atoms with van der Waals surface area (Å²) < 4.78 is 14.8. The van der Waals surface area contributed by atoms with E-state index in [1.165, 1.54) is 6.07 Å². The number of hydrogen-bond donors (Lipinski definition) is 3. The number of nitrogens with zero attached hydrogens (tertiary/aromatic N) is 2. The normalized spacial score (nSPS) is 15.4. The third-order valence-corrected chi connectivity index (χ3v) is 4.96. The number of H-pyrrole nitrogens is 1. The van der Waals surface area contributed by atoms with E-state index in [0.29, 0.717) is 24.3 Å². The van der Waals surface area contributed by atoms with Crippen LogP contribution in [0.5, 0.6) is 0 Å². The Bertz CT molecular complexity index is 859. The van der Waals surface area contributed by atoms with Crippen molar-refractivity contribution in [3.63, 3.8) is 0 Å². The number of piperidine rings is 1. The van der Waals surface area contributed by atoms with Crippen LogP contribution in [0.25, 0.3) is 10.9 Å². The molecule has 0 unspecified atom stereocenters. The number of carbonyl (C=O) groups is 1. The Morgan fingerprint density at radius 1 is 1.48 bits per heavy atom. The maximum Gasteiger partial charge on any atom is 0.221 e. The average molecular weight is 343 g/mol. The van der Waals surface area contributed by atoms with Gasteiger partial charge in [0.05, 0.1) is 17.6 Å². The Morgan fingerprint density at radius 2 is 2.16 bits per heavy atom. The number of aromatic nitrogens is 1. The molecule has 1 aromatic heterocycles. The maximum atomic E-state index is 14.8. The molecule has 0 atom stereocenters. The van der Waals surface area contributed by atoms with Crippen LogP contribution in [0, 0.1) is 31.1 Å². The largest absolute Gasteiger partial charge is 0.379 e. The Hall–Kier alpha value is -2.75. The molecule has 132 valence electrons. The van der Waals surface area contributed by atoms with Crippen molar-refractivity contribution in [2.24, 2.45) is 5.73 Å². The Balaban J connectivity index is 1.99. The number of hydrogen-bond acceptors (Lipinski definition) is 4. The molecule has 0 spiro atoms. The van der Waals surface area contributed by atoms with Crippen molar-refractivity contribution in [3.8, 4) is 6.19 Å². The lowest BCUT2D eigenvalue weighted by Gasteiger charge is -2.29. The van der Waals surface area contributed by atoms with Gasteiger partial charge in [-0.05, 0) is 43.9 Å². The monoisotopic (exact) mass is 343 g/mol. The minimum absolute atomic E-state index is 0.00630. The molecular formula is C18H22FN5O. The van der Waals surface area contributed by atoms with Gasteiger partial charge in [-0.2, -0.15) is 5.26 Å². The van der Waals surface area contributed by atoms with Gasteiger partial charge in [-0.1, -0.05) is 0 Å². The summed E-state index contributed by atoms with van der Waals surface area (Å²) in [4.78, 5) is 16.3. The van der Waals surface area contributed by atoms with Gasteiger partial charge in [0.25, 0.3) is 0 Å². The summed E-state index contributed by atoms with van der Waals surface area (Å²) in [6.07, 6.45) is 3.70. The van der Waals surface area contributed by atoms with Crippen molar-refractivity contribution in [2.75, 3.05) is 18.4 Å². The molecular weight excluding hydrogens is 321 g/mol. The Labute approximate surface area is 145 Å². The number of anilines is 1. The van der Waals surface area contributed by atoms with Crippen LogP contribution in [0.1, 0.15) is 29.7 Å². The molecule has 2 heterocycles. The number of rotatable bonds is 4. The van der Waals surface area contributed by atoms with E-state index in [-0.39, 0.29) is 18.3 Å². The maximum absolute atomic E-state index is 14.8. The van der Waals surface area contributed by atoms with Crippen LogP contribution in [0.3, 0.4) is 0 Å². The topological polar surface area (TPSA) is 97.9 Å². The highest BCUT2D eigenvalue weighted by Crippen LogP contribution is 2.35. The molecule has 25 heavy (non-hydrogen) atoms. The summed E-state index contributed by atoms with van der Waals surface area (Å²) in [5, 5.41) is 13.0. The summed E-state index contributed by atoms with van der Waals surface area (Å²) in [5.41, 5.74) is 8.98. The fraction of sp³-hybridized carbons (Fsp3) is 0.444. The lowest BCUT2D eigenvalue weighted by atomic mass is 10.0. The van der Waals surface area contributed by atoms with Crippen molar-refractivity contribution in [3.05, 3.63) is 28.7 Å². The van der Waals surface area contributed by atoms with Gasteiger partial charge in [-0.3, -0.25) is 4.79 Å². The number of nitrogens with one attached hydrogen (secondary N) is 2. The predicted octanol–water partition coefficient (Wildman–Crippen LogP) is 2.31. The number of benzene rings is 1. The molecule has 1 aliphatic heterocycles. The molecule has 1 aliphatic rings. The predicted molar refractivity (Wildman–Crippen MR) is 94.5 cm³/mol. The number of nitrogens with two attached hydrogens (primary N) is 1. The standard InChI is InChI=1S/C18H22FN5O/c1-10-11(2)22-17-12(8-15(21)25)7-14(19)18(16(10)17)23-13-3-5-24(9-20)6-4-13/h7,13,22-23H,3-6,8H2,1-2H3,(H2,21,25). The Kier molecular flexibility index (Phi) is 4.53. The van der Waals surface area contributed by atoms with E-state index in [1.54, 1.807) is 4.90 Å². The van der Waals surface area contributed by atoms with Crippen LogP contribution >= 0.6 is 0 Å². The van der Waals surface area contributed by atoms with Crippen molar-refractivity contribution in [2.45, 2.75) is 39.2 Å². The smallest absolute Gasteiger partial charge is 0.221 e. The number of fused-ring (bicyclic) bond motifs is 1. The van der Waals surface area contributed by atoms with Crippen LogP contribution in [0.4, 0.5) is 10.1 Å². The zero-order chi connectivity index (χ0) is 18.1. The van der Waals surface area contributed by atoms with Crippen LogP contribution in [-0.4, -0.2) is 34.9 Å². The molecule has 1 aromatic carbocycles. The van der Waals surface area contributed by atoms with E-state index < -0.39 is 5.91 Å². The molecule has 1 saturated heterocycles. The van der Waals surface area contributed by atoms with Crippen LogP contribution in [0.15, 0.2) is 6.07 Å². The molecule has 0 bridgehead atoms. The summed E-state index contributed by atoms with van der Waals surface area (Å²) in [5.74, 6) is -0.872. The van der Waals surface area contributed by atoms with E-state index in [4.69, 9.17) is 11.0 Å². The number of aryl methyl sites for hydroxylation is 2. The van der Waals surface area contributed by atoms with Gasteiger partial charge in [-0.25, -0.2) is 4.39 Å². The molecule has 1 fully saturated rings. The second kappa shape index (κ2) is 6.63. The highest BCUT2D eigenvalue weighted by atomic mass is 19.1. The lowest BCUT2D eigenvalue weighted by molar-refractivity contribution is -0.117. The zero-order valence-corrected chi connectivity index (χ0v) is 14.4. The van der Waals surface area contributed by atoms with E-state index in [0.717, 1.165) is 35.0 Å². The second-order valence-corrected chi connectivity index (χ2v) is 6.67. The van der Waals surface area contributed by atoms with E-state index in [2.05, 4.69) is 16.5 Å². The first-order valence-electron chi connectivity index (χ1n) is 8.40. The van der Waals surface area contributed by atoms with E-state index in [9.17, 15) is 9.18 Å². The summed E-state index contributed by atoms with van der Waals surface area (Å²) in [6, 6.07) is 1.49. The van der Waals surface area contributed by atoms with Crippen molar-refractivity contribution in [1.29, 1.82) is 5.26 Å². The fourth-order valence-corrected chi connectivity index (χ4v) is 3.48.